The van der Waals surface area contributed by atoms with Crippen LogP contribution in [0.5, 0.6) is 0 Å². The summed E-state index contributed by atoms with van der Waals surface area (Å²) in [5, 5.41) is 4.63. The molecular formula is C6H2ClF3N4. The highest BCUT2D eigenvalue weighted by Gasteiger charge is 2.36. The van der Waals surface area contributed by atoms with Crippen molar-refractivity contribution in [2.75, 3.05) is 0 Å². The molecule has 2 aromatic rings. The number of alkyl halides is 3. The summed E-state index contributed by atoms with van der Waals surface area (Å²) in [7, 11) is 0. The average Bonchev–Trinajstić information content (AvgIpc) is 2.47. The molecule has 0 spiro atoms. The van der Waals surface area contributed by atoms with Crippen LogP contribution < -0.4 is 0 Å². The van der Waals surface area contributed by atoms with Gasteiger partial charge >= 0.3 is 6.18 Å². The van der Waals surface area contributed by atoms with Crippen LogP contribution in [0.4, 0.5) is 13.2 Å². The first-order valence-corrected chi connectivity index (χ1v) is 3.79. The topological polar surface area (TPSA) is 54.5 Å². The molecule has 2 rings (SSSR count). The van der Waals surface area contributed by atoms with Gasteiger partial charge in [-0.1, -0.05) is 11.6 Å². The maximum Gasteiger partial charge on any atom is 0.433 e. The van der Waals surface area contributed by atoms with E-state index in [0.29, 0.717) is 0 Å². The fourth-order valence-electron chi connectivity index (χ4n) is 1.03. The van der Waals surface area contributed by atoms with E-state index in [-0.39, 0.29) is 16.2 Å². The zero-order valence-electron chi connectivity index (χ0n) is 6.43. The predicted molar refractivity (Wildman–Crippen MR) is 41.7 cm³/mol. The summed E-state index contributed by atoms with van der Waals surface area (Å²) in [6, 6.07) is 0. The molecule has 1 N–H and O–H groups in total. The smallest absolute Gasteiger partial charge is 0.271 e. The molecule has 0 fully saturated rings. The number of halogens is 4. The average molecular weight is 223 g/mol. The van der Waals surface area contributed by atoms with Crippen LogP contribution in [0, 0.1) is 0 Å². The molecule has 74 valence electrons. The molecule has 0 aromatic carbocycles. The third-order valence-corrected chi connectivity index (χ3v) is 1.87. The molecule has 4 nitrogen and oxygen atoms in total. The van der Waals surface area contributed by atoms with Crippen LogP contribution in [0.25, 0.3) is 11.0 Å². The van der Waals surface area contributed by atoms with Gasteiger partial charge in [0, 0.05) is 0 Å². The van der Waals surface area contributed by atoms with Crippen molar-refractivity contribution in [2.45, 2.75) is 6.18 Å². The van der Waals surface area contributed by atoms with Crippen LogP contribution in [0.2, 0.25) is 5.15 Å². The fourth-order valence-corrected chi connectivity index (χ4v) is 1.25. The summed E-state index contributed by atoms with van der Waals surface area (Å²) in [5.74, 6) is 0. The lowest BCUT2D eigenvalue weighted by atomic mass is 10.3. The van der Waals surface area contributed by atoms with Crippen LogP contribution in [0.3, 0.4) is 0 Å². The molecular weight excluding hydrogens is 221 g/mol. The summed E-state index contributed by atoms with van der Waals surface area (Å²) in [6.07, 6.45) is -3.49. The van der Waals surface area contributed by atoms with Gasteiger partial charge in [-0.2, -0.15) is 18.3 Å². The predicted octanol–water partition coefficient (Wildman–Crippen LogP) is 2.03. The van der Waals surface area contributed by atoms with Crippen molar-refractivity contribution in [3.63, 3.8) is 0 Å². The lowest BCUT2D eigenvalue weighted by Gasteiger charge is -2.02. The largest absolute Gasteiger partial charge is 0.433 e. The number of aromatic nitrogens is 4. The number of nitrogens with one attached hydrogen (secondary N) is 1. The zero-order chi connectivity index (χ0) is 10.3. The molecule has 0 unspecified atom stereocenters. The molecule has 0 radical (unpaired) electrons. The van der Waals surface area contributed by atoms with Crippen LogP contribution >= 0.6 is 11.6 Å². The number of rotatable bonds is 0. The van der Waals surface area contributed by atoms with Crippen molar-refractivity contribution in [3.8, 4) is 0 Å². The lowest BCUT2D eigenvalue weighted by Crippen LogP contribution is -2.06. The van der Waals surface area contributed by atoms with Gasteiger partial charge in [-0.15, -0.1) is 0 Å². The molecule has 0 bridgehead atoms. The number of aromatic amines is 1. The minimum atomic E-state index is -4.54. The second-order valence-corrected chi connectivity index (χ2v) is 2.82. The van der Waals surface area contributed by atoms with E-state index in [9.17, 15) is 13.2 Å². The maximum absolute atomic E-state index is 12.3. The number of fused-ring (bicyclic) bond motifs is 1. The summed E-state index contributed by atoms with van der Waals surface area (Å²) in [5.41, 5.74) is -1.13. The molecule has 2 aromatic heterocycles. The highest BCUT2D eigenvalue weighted by Crippen LogP contribution is 2.34. The van der Waals surface area contributed by atoms with Gasteiger partial charge in [0.15, 0.2) is 11.3 Å². The van der Waals surface area contributed by atoms with E-state index in [4.69, 9.17) is 11.6 Å². The molecule has 0 atom stereocenters. The molecule has 2 heterocycles. The molecule has 0 saturated carbocycles. The number of hydrogen-bond acceptors (Lipinski definition) is 3. The Morgan fingerprint density at radius 1 is 1.29 bits per heavy atom. The van der Waals surface area contributed by atoms with Crippen molar-refractivity contribution < 1.29 is 13.2 Å². The first-order valence-electron chi connectivity index (χ1n) is 3.42. The van der Waals surface area contributed by atoms with Gasteiger partial charge < -0.3 is 0 Å². The van der Waals surface area contributed by atoms with E-state index in [0.717, 1.165) is 6.33 Å². The Kier molecular flexibility index (Phi) is 1.84. The Labute approximate surface area is 80.1 Å². The monoisotopic (exact) mass is 222 g/mol. The summed E-state index contributed by atoms with van der Waals surface area (Å²) >= 11 is 5.50. The Hall–Kier alpha value is -1.37. The number of nitrogens with zero attached hydrogens (tertiary/aromatic N) is 3. The molecule has 0 amide bonds. The van der Waals surface area contributed by atoms with E-state index in [1.54, 1.807) is 0 Å². The Morgan fingerprint density at radius 3 is 2.64 bits per heavy atom. The van der Waals surface area contributed by atoms with Crippen LogP contribution in [0.1, 0.15) is 5.69 Å². The van der Waals surface area contributed by atoms with Crippen LogP contribution in [0.15, 0.2) is 6.33 Å². The highest BCUT2D eigenvalue weighted by molar-refractivity contribution is 6.34. The van der Waals surface area contributed by atoms with Crippen molar-refractivity contribution in [2.24, 2.45) is 0 Å². The third kappa shape index (κ3) is 1.29. The Bertz CT molecular complexity index is 477. The van der Waals surface area contributed by atoms with Crippen molar-refractivity contribution in [1.29, 1.82) is 0 Å². The lowest BCUT2D eigenvalue weighted by molar-refractivity contribution is -0.139. The van der Waals surface area contributed by atoms with Gasteiger partial charge in [0.05, 0.1) is 5.39 Å². The quantitative estimate of drug-likeness (QED) is 0.694. The molecule has 0 saturated heterocycles. The normalized spacial score (nSPS) is 12.3. The van der Waals surface area contributed by atoms with Gasteiger partial charge in [0.25, 0.3) is 0 Å². The van der Waals surface area contributed by atoms with E-state index in [1.807, 2.05) is 5.10 Å². The maximum atomic E-state index is 12.3. The third-order valence-electron chi connectivity index (χ3n) is 1.59. The van der Waals surface area contributed by atoms with Gasteiger partial charge in [0.2, 0.25) is 0 Å². The Morgan fingerprint density at radius 2 is 2.00 bits per heavy atom. The fraction of sp³-hybridized carbons (Fsp3) is 0.167. The van der Waals surface area contributed by atoms with E-state index in [2.05, 4.69) is 15.1 Å². The summed E-state index contributed by atoms with van der Waals surface area (Å²) in [6.45, 7) is 0. The highest BCUT2D eigenvalue weighted by atomic mass is 35.5. The number of H-pyrrole nitrogens is 1. The van der Waals surface area contributed by atoms with E-state index in [1.165, 1.54) is 0 Å². The van der Waals surface area contributed by atoms with Crippen LogP contribution in [-0.4, -0.2) is 20.2 Å². The van der Waals surface area contributed by atoms with Crippen LogP contribution in [-0.2, 0) is 6.18 Å². The standard InChI is InChI=1S/C6H2ClF3N4/c7-4-2-3(6(8,9)10)13-14-5(2)12-1-11-4/h1H,(H,11,12,13,14). The SMILES string of the molecule is FC(F)(F)c1[nH]nc2ncnc(Cl)c12. The Balaban J connectivity index is 2.80. The van der Waals surface area contributed by atoms with Crippen molar-refractivity contribution >= 4 is 22.6 Å². The van der Waals surface area contributed by atoms with Crippen molar-refractivity contribution in [1.82, 2.24) is 20.2 Å². The zero-order valence-corrected chi connectivity index (χ0v) is 7.19. The van der Waals surface area contributed by atoms with Gasteiger partial charge in [-0.3, -0.25) is 5.10 Å². The minimum Gasteiger partial charge on any atom is -0.271 e. The van der Waals surface area contributed by atoms with Gasteiger partial charge in [-0.05, 0) is 0 Å². The number of hydrogen-bond donors (Lipinski definition) is 1. The molecule has 14 heavy (non-hydrogen) atoms. The second-order valence-electron chi connectivity index (χ2n) is 2.46. The first kappa shape index (κ1) is 9.20. The minimum absolute atomic E-state index is 0.0997. The van der Waals surface area contributed by atoms with E-state index >= 15 is 0 Å². The van der Waals surface area contributed by atoms with E-state index < -0.39 is 11.9 Å². The van der Waals surface area contributed by atoms with Crippen molar-refractivity contribution in [3.05, 3.63) is 17.2 Å². The molecule has 0 aliphatic heterocycles. The first-order chi connectivity index (χ1) is 6.50. The van der Waals surface area contributed by atoms with Gasteiger partial charge in [0.1, 0.15) is 11.5 Å². The molecule has 0 aliphatic carbocycles. The van der Waals surface area contributed by atoms with Gasteiger partial charge in [-0.25, -0.2) is 9.97 Å². The second kappa shape index (κ2) is 2.81. The summed E-state index contributed by atoms with van der Waals surface area (Å²) < 4.78 is 37.0. The summed E-state index contributed by atoms with van der Waals surface area (Å²) in [4.78, 5) is 6.99. The molecule has 0 aliphatic rings. The molecule has 8 heteroatoms.